The van der Waals surface area contributed by atoms with E-state index in [4.69, 9.17) is 16.3 Å². The number of amides is 3. The van der Waals surface area contributed by atoms with E-state index < -0.39 is 0 Å². The number of hydrogen-bond donors (Lipinski definition) is 1. The molecule has 1 N–H and O–H groups in total. The van der Waals surface area contributed by atoms with Crippen molar-refractivity contribution in [3.63, 3.8) is 0 Å². The predicted octanol–water partition coefficient (Wildman–Crippen LogP) is 6.63. The molecule has 0 fully saturated rings. The number of thiophene rings is 1. The zero-order valence-corrected chi connectivity index (χ0v) is 22.5. The molecule has 6 nitrogen and oxygen atoms in total. The van der Waals surface area contributed by atoms with E-state index in [1.807, 2.05) is 11.4 Å². The van der Waals surface area contributed by atoms with Gasteiger partial charge in [0.2, 0.25) is 5.91 Å². The van der Waals surface area contributed by atoms with Gasteiger partial charge in [-0.1, -0.05) is 44.0 Å². The van der Waals surface area contributed by atoms with Crippen LogP contribution < -0.4 is 10.1 Å². The van der Waals surface area contributed by atoms with E-state index in [2.05, 4.69) is 19.2 Å². The average molecular weight is 544 g/mol. The molecule has 196 valence electrons. The molecule has 1 aliphatic rings. The highest BCUT2D eigenvalue weighted by Crippen LogP contribution is 2.34. The summed E-state index contributed by atoms with van der Waals surface area (Å²) in [4.78, 5) is 31.4. The lowest BCUT2D eigenvalue weighted by atomic mass is 10.00. The predicted molar refractivity (Wildman–Crippen MR) is 146 cm³/mol. The summed E-state index contributed by atoms with van der Waals surface area (Å²) in [6.45, 7) is 5.21. The molecule has 3 amide bonds. The van der Waals surface area contributed by atoms with E-state index in [1.54, 1.807) is 57.5 Å². The van der Waals surface area contributed by atoms with Crippen molar-refractivity contribution in [2.24, 2.45) is 5.92 Å². The van der Waals surface area contributed by atoms with Crippen molar-refractivity contribution in [3.05, 3.63) is 81.3 Å². The zero-order valence-electron chi connectivity index (χ0n) is 21.0. The largest absolute Gasteiger partial charge is 0.491 e. The lowest BCUT2D eigenvalue weighted by molar-refractivity contribution is -0.135. The smallest absolute Gasteiger partial charge is 0.322 e. The third-order valence-electron chi connectivity index (χ3n) is 6.54. The Morgan fingerprint density at radius 2 is 2.05 bits per heavy atom. The highest BCUT2D eigenvalue weighted by Gasteiger charge is 2.33. The van der Waals surface area contributed by atoms with Crippen molar-refractivity contribution in [1.29, 1.82) is 0 Å². The fourth-order valence-corrected chi connectivity index (χ4v) is 5.47. The van der Waals surface area contributed by atoms with Crippen LogP contribution in [0, 0.1) is 11.7 Å². The molecule has 0 spiro atoms. The van der Waals surface area contributed by atoms with E-state index >= 15 is 0 Å². The summed E-state index contributed by atoms with van der Waals surface area (Å²) < 4.78 is 19.6. The van der Waals surface area contributed by atoms with Crippen LogP contribution in [-0.2, 0) is 11.2 Å². The Morgan fingerprint density at radius 3 is 2.81 bits per heavy atom. The van der Waals surface area contributed by atoms with Crippen molar-refractivity contribution in [2.75, 3.05) is 31.6 Å². The first-order valence-electron chi connectivity index (χ1n) is 12.4. The van der Waals surface area contributed by atoms with Crippen molar-refractivity contribution in [1.82, 2.24) is 9.80 Å². The van der Waals surface area contributed by atoms with Crippen LogP contribution in [0.4, 0.5) is 14.9 Å². The van der Waals surface area contributed by atoms with Crippen LogP contribution in [0.1, 0.15) is 36.8 Å². The van der Waals surface area contributed by atoms with Gasteiger partial charge in [0.05, 0.1) is 6.04 Å². The molecular formula is C28H31ClFN3O3S. The second kappa shape index (κ2) is 12.4. The first-order chi connectivity index (χ1) is 17.8. The number of fused-ring (bicyclic) bond motifs is 1. The lowest BCUT2D eigenvalue weighted by Crippen LogP contribution is -2.49. The molecule has 2 atom stereocenters. The maximum absolute atomic E-state index is 13.7. The number of carbonyl (C=O) groups excluding carboxylic acids is 2. The van der Waals surface area contributed by atoms with Gasteiger partial charge in [-0.25, -0.2) is 9.18 Å². The van der Waals surface area contributed by atoms with Gasteiger partial charge in [-0.15, -0.1) is 11.3 Å². The van der Waals surface area contributed by atoms with Gasteiger partial charge in [0.25, 0.3) is 0 Å². The summed E-state index contributed by atoms with van der Waals surface area (Å²) in [5, 5.41) is 5.40. The molecule has 1 aromatic heterocycles. The van der Waals surface area contributed by atoms with Gasteiger partial charge in [-0.05, 0) is 59.7 Å². The molecule has 0 bridgehead atoms. The van der Waals surface area contributed by atoms with Crippen LogP contribution in [0.3, 0.4) is 0 Å². The summed E-state index contributed by atoms with van der Waals surface area (Å²) in [7, 11) is 0. The van der Waals surface area contributed by atoms with Gasteiger partial charge >= 0.3 is 6.03 Å². The fourth-order valence-electron chi connectivity index (χ4n) is 4.35. The van der Waals surface area contributed by atoms with Crippen LogP contribution in [0.2, 0.25) is 5.02 Å². The van der Waals surface area contributed by atoms with E-state index in [1.165, 1.54) is 17.0 Å². The molecule has 3 aromatic rings. The molecular weight excluding hydrogens is 513 g/mol. The monoisotopic (exact) mass is 543 g/mol. The van der Waals surface area contributed by atoms with E-state index in [0.29, 0.717) is 29.5 Å². The second-order valence-electron chi connectivity index (χ2n) is 9.25. The van der Waals surface area contributed by atoms with Gasteiger partial charge < -0.3 is 19.9 Å². The van der Waals surface area contributed by atoms with Crippen LogP contribution >= 0.6 is 22.9 Å². The number of anilines is 1. The summed E-state index contributed by atoms with van der Waals surface area (Å²) in [5.74, 6) is 0.0924. The Labute approximate surface area is 226 Å². The number of nitrogens with one attached hydrogen (secondary N) is 1. The molecule has 37 heavy (non-hydrogen) atoms. The van der Waals surface area contributed by atoms with Crippen molar-refractivity contribution < 1.29 is 18.7 Å². The number of ether oxygens (including phenoxy) is 1. The second-order valence-corrected chi connectivity index (χ2v) is 10.7. The molecule has 2 aromatic carbocycles. The molecule has 9 heteroatoms. The Morgan fingerprint density at radius 1 is 1.24 bits per heavy atom. The summed E-state index contributed by atoms with van der Waals surface area (Å²) >= 11 is 7.73. The third-order valence-corrected chi connectivity index (χ3v) is 7.77. The van der Waals surface area contributed by atoms with Gasteiger partial charge in [-0.3, -0.25) is 4.79 Å². The van der Waals surface area contributed by atoms with Crippen LogP contribution in [0.15, 0.2) is 60.0 Å². The number of nitrogens with zero attached hydrogens (tertiary/aromatic N) is 2. The number of benzene rings is 2. The molecule has 4 rings (SSSR count). The number of hydrogen-bond acceptors (Lipinski definition) is 4. The average Bonchev–Trinajstić information content (AvgIpc) is 3.36. The highest BCUT2D eigenvalue weighted by molar-refractivity contribution is 7.10. The minimum absolute atomic E-state index is 0.0628. The topological polar surface area (TPSA) is 61.9 Å². The molecule has 2 heterocycles. The Bertz CT molecular complexity index is 1240. The summed E-state index contributed by atoms with van der Waals surface area (Å²) in [5.41, 5.74) is 1.61. The molecule has 0 unspecified atom stereocenters. The maximum atomic E-state index is 13.7. The Hall–Kier alpha value is -3.10. The molecule has 0 saturated carbocycles. The van der Waals surface area contributed by atoms with Gasteiger partial charge in [0.15, 0.2) is 0 Å². The van der Waals surface area contributed by atoms with Gasteiger partial charge in [0.1, 0.15) is 24.7 Å². The highest BCUT2D eigenvalue weighted by atomic mass is 35.5. The van der Waals surface area contributed by atoms with Crippen LogP contribution in [0.5, 0.6) is 5.75 Å². The maximum Gasteiger partial charge on any atom is 0.322 e. The van der Waals surface area contributed by atoms with E-state index in [9.17, 15) is 14.0 Å². The van der Waals surface area contributed by atoms with Crippen LogP contribution in [-0.4, -0.2) is 48.0 Å². The molecule has 0 radical (unpaired) electrons. The Balaban J connectivity index is 1.51. The normalized spacial score (nSPS) is 15.6. The SMILES string of the molecule is CC[C@H](C)CN(CC(=O)N1CCc2sccc2[C@H]1COc1cccc(F)c1)C(=O)Nc1cccc(Cl)c1. The first kappa shape index (κ1) is 26.9. The first-order valence-corrected chi connectivity index (χ1v) is 13.7. The number of urea groups is 1. The minimum atomic E-state index is -0.378. The standard InChI is InChI=1S/C28H31ClFN3O3S/c1-3-19(2)16-32(28(35)31-22-8-4-6-20(29)14-22)17-27(34)33-12-10-26-24(11-13-37-26)25(33)18-36-23-9-5-7-21(30)15-23/h4-9,11,13-15,19,25H,3,10,12,16-18H2,1-2H3,(H,31,35)/t19-,25+/m0/s1. The lowest BCUT2D eigenvalue weighted by Gasteiger charge is -2.37. The van der Waals surface area contributed by atoms with E-state index in [-0.39, 0.29) is 42.9 Å². The van der Waals surface area contributed by atoms with Crippen molar-refractivity contribution in [3.8, 4) is 5.75 Å². The van der Waals surface area contributed by atoms with Crippen molar-refractivity contribution >= 4 is 40.6 Å². The quantitative estimate of drug-likeness (QED) is 0.329. The van der Waals surface area contributed by atoms with Crippen molar-refractivity contribution in [2.45, 2.75) is 32.7 Å². The minimum Gasteiger partial charge on any atom is -0.491 e. The zero-order chi connectivity index (χ0) is 26.4. The summed E-state index contributed by atoms with van der Waals surface area (Å²) in [6, 6.07) is 14.2. The number of carbonyl (C=O) groups is 2. The fraction of sp³-hybridized carbons (Fsp3) is 0.357. The van der Waals surface area contributed by atoms with E-state index in [0.717, 1.165) is 18.4 Å². The van der Waals surface area contributed by atoms with Gasteiger partial charge in [-0.2, -0.15) is 0 Å². The molecule has 0 saturated heterocycles. The molecule has 1 aliphatic heterocycles. The molecule has 0 aliphatic carbocycles. The number of halogens is 2. The third kappa shape index (κ3) is 7.02. The van der Waals surface area contributed by atoms with Crippen LogP contribution in [0.25, 0.3) is 0 Å². The summed E-state index contributed by atoms with van der Waals surface area (Å²) in [6.07, 6.45) is 1.62. The number of rotatable bonds is 9. The van der Waals surface area contributed by atoms with Gasteiger partial charge in [0, 0.05) is 34.7 Å². The Kier molecular flexibility index (Phi) is 9.05.